The van der Waals surface area contributed by atoms with E-state index in [1.165, 1.54) is 0 Å². The maximum absolute atomic E-state index is 11.8. The molecule has 1 N–H and O–H groups in total. The molecule has 2 nitrogen and oxygen atoms in total. The molecule has 0 radical (unpaired) electrons. The Labute approximate surface area is 105 Å². The molecule has 4 heteroatoms. The monoisotopic (exact) mass is 257 g/mol. The number of rotatable bonds is 3. The fourth-order valence-electron chi connectivity index (χ4n) is 2.05. The molecule has 0 saturated heterocycles. The van der Waals surface area contributed by atoms with E-state index in [1.54, 1.807) is 6.07 Å². The van der Waals surface area contributed by atoms with Crippen molar-refractivity contribution in [2.24, 2.45) is 0 Å². The molecule has 1 aliphatic rings. The van der Waals surface area contributed by atoms with Gasteiger partial charge in [-0.25, -0.2) is 0 Å². The predicted octanol–water partition coefficient (Wildman–Crippen LogP) is 4.22. The molecule has 1 aliphatic heterocycles. The Morgan fingerprint density at radius 1 is 1.38 bits per heavy atom. The summed E-state index contributed by atoms with van der Waals surface area (Å²) >= 11 is 12.0. The highest BCUT2D eigenvalue weighted by molar-refractivity contribution is 6.37. The highest BCUT2D eigenvalue weighted by atomic mass is 35.5. The molecule has 0 saturated carbocycles. The summed E-state index contributed by atoms with van der Waals surface area (Å²) in [5.74, 6) is -0.0567. The molecule has 0 aliphatic carbocycles. The van der Waals surface area contributed by atoms with E-state index < -0.39 is 0 Å². The van der Waals surface area contributed by atoms with E-state index in [9.17, 15) is 4.79 Å². The van der Waals surface area contributed by atoms with Crippen LogP contribution in [-0.4, -0.2) is 5.91 Å². The molecule has 1 aromatic carbocycles. The van der Waals surface area contributed by atoms with Gasteiger partial charge in [0.05, 0.1) is 16.6 Å². The molecule has 86 valence electrons. The van der Waals surface area contributed by atoms with Crippen LogP contribution in [-0.2, 0) is 4.79 Å². The number of nitrogens with one attached hydrogen (secondary N) is 1. The first-order valence-corrected chi connectivity index (χ1v) is 6.19. The topological polar surface area (TPSA) is 29.1 Å². The predicted molar refractivity (Wildman–Crippen MR) is 67.4 cm³/mol. The summed E-state index contributed by atoms with van der Waals surface area (Å²) in [5, 5.41) is 3.93. The third-order valence-corrected chi connectivity index (χ3v) is 3.39. The normalized spacial score (nSPS) is 18.4. The summed E-state index contributed by atoms with van der Waals surface area (Å²) in [6, 6.07) is 3.49. The van der Waals surface area contributed by atoms with Gasteiger partial charge in [-0.1, -0.05) is 43.0 Å². The molecule has 1 heterocycles. The average molecular weight is 258 g/mol. The second kappa shape index (κ2) is 4.64. The summed E-state index contributed by atoms with van der Waals surface area (Å²) < 4.78 is 0. The van der Waals surface area contributed by atoms with E-state index in [0.29, 0.717) is 10.0 Å². The molecular formula is C12H13Cl2NO. The van der Waals surface area contributed by atoms with Crippen molar-refractivity contribution in [2.45, 2.75) is 32.1 Å². The van der Waals surface area contributed by atoms with Gasteiger partial charge in [-0.15, -0.1) is 0 Å². The molecule has 0 bridgehead atoms. The van der Waals surface area contributed by atoms with Crippen LogP contribution in [0.3, 0.4) is 0 Å². The van der Waals surface area contributed by atoms with Crippen molar-refractivity contribution in [3.8, 4) is 0 Å². The molecule has 1 atom stereocenters. The van der Waals surface area contributed by atoms with Gasteiger partial charge in [0.2, 0.25) is 5.91 Å². The lowest BCUT2D eigenvalue weighted by Crippen LogP contribution is -2.11. The van der Waals surface area contributed by atoms with E-state index in [0.717, 1.165) is 30.5 Å². The summed E-state index contributed by atoms with van der Waals surface area (Å²) in [5.41, 5.74) is 1.67. The summed E-state index contributed by atoms with van der Waals surface area (Å²) in [4.78, 5) is 11.8. The van der Waals surface area contributed by atoms with Crippen LogP contribution in [0.2, 0.25) is 10.0 Å². The highest BCUT2D eigenvalue weighted by Crippen LogP contribution is 2.41. The Morgan fingerprint density at radius 2 is 2.12 bits per heavy atom. The first-order chi connectivity index (χ1) is 7.63. The summed E-state index contributed by atoms with van der Waals surface area (Å²) in [6.07, 6.45) is 2.96. The lowest BCUT2D eigenvalue weighted by molar-refractivity contribution is -0.117. The summed E-state index contributed by atoms with van der Waals surface area (Å²) in [7, 11) is 0. The van der Waals surface area contributed by atoms with E-state index in [-0.39, 0.29) is 11.8 Å². The molecular weight excluding hydrogens is 245 g/mol. The van der Waals surface area contributed by atoms with E-state index in [2.05, 4.69) is 12.2 Å². The number of carbonyl (C=O) groups is 1. The zero-order valence-corrected chi connectivity index (χ0v) is 10.5. The number of benzene rings is 1. The smallest absolute Gasteiger partial charge is 0.232 e. The van der Waals surface area contributed by atoms with Crippen LogP contribution in [0.5, 0.6) is 0 Å². The summed E-state index contributed by atoms with van der Waals surface area (Å²) in [6.45, 7) is 2.11. The van der Waals surface area contributed by atoms with Crippen molar-refractivity contribution in [1.82, 2.24) is 0 Å². The van der Waals surface area contributed by atoms with Crippen molar-refractivity contribution < 1.29 is 4.79 Å². The van der Waals surface area contributed by atoms with Crippen LogP contribution in [0.1, 0.15) is 37.7 Å². The Bertz CT molecular complexity index is 431. The highest BCUT2D eigenvalue weighted by Gasteiger charge is 2.31. The Balaban J connectivity index is 2.36. The molecule has 1 amide bonds. The molecule has 1 unspecified atom stereocenters. The van der Waals surface area contributed by atoms with Gasteiger partial charge < -0.3 is 5.32 Å². The molecule has 2 rings (SSSR count). The van der Waals surface area contributed by atoms with Crippen LogP contribution in [0, 0.1) is 0 Å². The number of carbonyl (C=O) groups excluding carboxylic acids is 1. The maximum atomic E-state index is 11.8. The third kappa shape index (κ3) is 2.04. The van der Waals surface area contributed by atoms with Crippen LogP contribution in [0.25, 0.3) is 0 Å². The van der Waals surface area contributed by atoms with E-state index in [4.69, 9.17) is 23.2 Å². The van der Waals surface area contributed by atoms with Crippen LogP contribution in [0.4, 0.5) is 5.69 Å². The van der Waals surface area contributed by atoms with Gasteiger partial charge in [-0.05, 0) is 24.1 Å². The van der Waals surface area contributed by atoms with Crippen LogP contribution < -0.4 is 5.32 Å². The standard InChI is InChI=1S/C12H13Cl2NO/c1-2-3-4-8-9-5-7(13)6-10(14)11(9)15-12(8)16/h5-6,8H,2-4H2,1H3,(H,15,16). The van der Waals surface area contributed by atoms with Gasteiger partial charge in [0.25, 0.3) is 0 Å². The lowest BCUT2D eigenvalue weighted by Gasteiger charge is -2.08. The second-order valence-corrected chi connectivity index (χ2v) is 4.88. The number of halogens is 2. The molecule has 1 aromatic rings. The van der Waals surface area contributed by atoms with Crippen molar-refractivity contribution >= 4 is 34.8 Å². The van der Waals surface area contributed by atoms with Crippen molar-refractivity contribution in [3.63, 3.8) is 0 Å². The van der Waals surface area contributed by atoms with Gasteiger partial charge >= 0.3 is 0 Å². The molecule has 16 heavy (non-hydrogen) atoms. The Morgan fingerprint density at radius 3 is 2.81 bits per heavy atom. The number of anilines is 1. The van der Waals surface area contributed by atoms with Gasteiger partial charge in [0, 0.05) is 5.02 Å². The molecule has 0 aromatic heterocycles. The number of hydrogen-bond acceptors (Lipinski definition) is 1. The van der Waals surface area contributed by atoms with Crippen molar-refractivity contribution in [1.29, 1.82) is 0 Å². The van der Waals surface area contributed by atoms with E-state index in [1.807, 2.05) is 6.07 Å². The third-order valence-electron chi connectivity index (χ3n) is 2.87. The largest absolute Gasteiger partial charge is 0.324 e. The first-order valence-electron chi connectivity index (χ1n) is 5.43. The van der Waals surface area contributed by atoms with Gasteiger partial charge in [-0.2, -0.15) is 0 Å². The first kappa shape index (κ1) is 11.7. The SMILES string of the molecule is CCCCC1C(=O)Nc2c(Cl)cc(Cl)cc21. The fraction of sp³-hybridized carbons (Fsp3) is 0.417. The minimum atomic E-state index is -0.0915. The van der Waals surface area contributed by atoms with Gasteiger partial charge in [-0.3, -0.25) is 4.79 Å². The van der Waals surface area contributed by atoms with Gasteiger partial charge in [0.15, 0.2) is 0 Å². The fourth-order valence-corrected chi connectivity index (χ4v) is 2.60. The minimum absolute atomic E-state index is 0.0348. The van der Waals surface area contributed by atoms with E-state index >= 15 is 0 Å². The number of unbranched alkanes of at least 4 members (excludes halogenated alkanes) is 1. The Kier molecular flexibility index (Phi) is 3.41. The van der Waals surface area contributed by atoms with Crippen LogP contribution in [0.15, 0.2) is 12.1 Å². The van der Waals surface area contributed by atoms with Gasteiger partial charge in [0.1, 0.15) is 0 Å². The number of hydrogen-bond donors (Lipinski definition) is 1. The quantitative estimate of drug-likeness (QED) is 0.864. The maximum Gasteiger partial charge on any atom is 0.232 e. The average Bonchev–Trinajstić information content (AvgIpc) is 2.53. The lowest BCUT2D eigenvalue weighted by atomic mass is 9.95. The zero-order chi connectivity index (χ0) is 11.7. The number of fused-ring (bicyclic) bond motifs is 1. The molecule has 0 fully saturated rings. The minimum Gasteiger partial charge on any atom is -0.324 e. The van der Waals surface area contributed by atoms with Crippen molar-refractivity contribution in [3.05, 3.63) is 27.7 Å². The Hall–Kier alpha value is -0.730. The molecule has 0 spiro atoms. The van der Waals surface area contributed by atoms with Crippen LogP contribution >= 0.6 is 23.2 Å². The zero-order valence-electron chi connectivity index (χ0n) is 9.02. The number of amides is 1. The second-order valence-electron chi connectivity index (χ2n) is 4.04. The van der Waals surface area contributed by atoms with Crippen molar-refractivity contribution in [2.75, 3.05) is 5.32 Å².